The molecule has 0 aliphatic carbocycles. The minimum Gasteiger partial charge on any atom is -0.446 e. The van der Waals surface area contributed by atoms with Gasteiger partial charge in [-0.25, -0.2) is 4.79 Å². The molecule has 0 saturated carbocycles. The van der Waals surface area contributed by atoms with E-state index in [1.165, 1.54) is 0 Å². The molecule has 4 aromatic carbocycles. The van der Waals surface area contributed by atoms with Crippen molar-refractivity contribution in [2.75, 3.05) is 0 Å². The summed E-state index contributed by atoms with van der Waals surface area (Å²) in [5, 5.41) is 0. The van der Waals surface area contributed by atoms with E-state index in [0.29, 0.717) is 17.2 Å². The molecule has 0 aliphatic rings. The van der Waals surface area contributed by atoms with Gasteiger partial charge in [-0.15, -0.1) is 0 Å². The zero-order valence-electron chi connectivity index (χ0n) is 19.1. The molecule has 0 bridgehead atoms. The Balaban J connectivity index is 1.77. The Hall–Kier alpha value is -4.25. The normalized spacial score (nSPS) is 11.4. The highest BCUT2D eigenvalue weighted by Gasteiger charge is 2.52. The second-order valence-corrected chi connectivity index (χ2v) is 8.07. The monoisotopic (exact) mass is 454 g/mol. The van der Waals surface area contributed by atoms with E-state index in [4.69, 9.17) is 18.9 Å². The second kappa shape index (κ2) is 10.1. The molecule has 5 nitrogen and oxygen atoms in total. The molecule has 0 amide bonds. The van der Waals surface area contributed by atoms with E-state index in [0.717, 1.165) is 5.56 Å². The summed E-state index contributed by atoms with van der Waals surface area (Å²) in [6.45, 7) is 3.61. The van der Waals surface area contributed by atoms with Crippen LogP contribution in [-0.4, -0.2) is 11.9 Å². The summed E-state index contributed by atoms with van der Waals surface area (Å²) in [5.41, 5.74) is -0.166. The summed E-state index contributed by atoms with van der Waals surface area (Å²) in [6, 6.07) is 36.1. The van der Waals surface area contributed by atoms with Crippen LogP contribution >= 0.6 is 0 Å². The first-order valence-corrected chi connectivity index (χ1v) is 11.0. The molecule has 0 unspecified atom stereocenters. The molecule has 34 heavy (non-hydrogen) atoms. The standard InChI is InChI=1S/C29H26O5/c1-28(2,23-15-7-3-8-16-23)34-27(30)29(31-24-17-9-4-10-18-24,32-25-19-11-5-12-20-25)33-26-21-13-6-14-22-26/h3-22H,1-2H3. The van der Waals surface area contributed by atoms with E-state index in [9.17, 15) is 4.79 Å². The number of para-hydroxylation sites is 3. The predicted octanol–water partition coefficient (Wildman–Crippen LogP) is 6.36. The van der Waals surface area contributed by atoms with Crippen LogP contribution in [0.1, 0.15) is 19.4 Å². The van der Waals surface area contributed by atoms with Crippen molar-refractivity contribution in [3.8, 4) is 17.2 Å². The first kappa shape index (κ1) is 22.9. The van der Waals surface area contributed by atoms with Gasteiger partial charge in [0, 0.05) is 0 Å². The molecule has 5 heteroatoms. The third-order valence-electron chi connectivity index (χ3n) is 5.05. The number of carbonyl (C=O) groups is 1. The van der Waals surface area contributed by atoms with Crippen molar-refractivity contribution in [1.29, 1.82) is 0 Å². The topological polar surface area (TPSA) is 54.0 Å². The highest BCUT2D eigenvalue weighted by molar-refractivity contribution is 5.78. The van der Waals surface area contributed by atoms with Crippen LogP contribution in [0.2, 0.25) is 0 Å². The maximum atomic E-state index is 13.9. The van der Waals surface area contributed by atoms with Crippen molar-refractivity contribution in [3.63, 3.8) is 0 Å². The molecule has 0 N–H and O–H groups in total. The first-order valence-electron chi connectivity index (χ1n) is 11.0. The number of rotatable bonds is 9. The van der Waals surface area contributed by atoms with Gasteiger partial charge in [0.25, 0.3) is 0 Å². The molecule has 4 aromatic rings. The molecule has 0 aliphatic heterocycles. The highest BCUT2D eigenvalue weighted by Crippen LogP contribution is 2.32. The fraction of sp³-hybridized carbons (Fsp3) is 0.138. The van der Waals surface area contributed by atoms with Gasteiger partial charge in [-0.2, -0.15) is 0 Å². The fourth-order valence-electron chi connectivity index (χ4n) is 3.31. The van der Waals surface area contributed by atoms with Crippen molar-refractivity contribution >= 4 is 5.97 Å². The minimum atomic E-state index is -2.25. The Morgan fingerprint density at radius 3 is 1.21 bits per heavy atom. The van der Waals surface area contributed by atoms with E-state index in [2.05, 4.69) is 0 Å². The zero-order chi connectivity index (χ0) is 23.9. The van der Waals surface area contributed by atoms with E-state index in [1.54, 1.807) is 86.6 Å². The van der Waals surface area contributed by atoms with Crippen molar-refractivity contribution in [2.24, 2.45) is 0 Å². The van der Waals surface area contributed by atoms with Crippen molar-refractivity contribution in [2.45, 2.75) is 25.4 Å². The first-order chi connectivity index (χ1) is 16.5. The second-order valence-electron chi connectivity index (χ2n) is 8.07. The van der Waals surface area contributed by atoms with Crippen LogP contribution in [0, 0.1) is 0 Å². The average molecular weight is 455 g/mol. The molecule has 0 fully saturated rings. The van der Waals surface area contributed by atoms with Crippen LogP contribution in [-0.2, 0) is 15.1 Å². The van der Waals surface area contributed by atoms with Crippen LogP contribution in [0.4, 0.5) is 0 Å². The molecular formula is C29H26O5. The molecule has 172 valence electrons. The lowest BCUT2D eigenvalue weighted by Crippen LogP contribution is -2.57. The number of esters is 1. The number of benzene rings is 4. The van der Waals surface area contributed by atoms with Gasteiger partial charge in [-0.05, 0) is 55.8 Å². The molecule has 4 rings (SSSR count). The number of carbonyl (C=O) groups excluding carboxylic acids is 1. The van der Waals surface area contributed by atoms with Crippen molar-refractivity contribution in [3.05, 3.63) is 127 Å². The van der Waals surface area contributed by atoms with Crippen LogP contribution in [0.3, 0.4) is 0 Å². The third-order valence-corrected chi connectivity index (χ3v) is 5.05. The molecule has 0 heterocycles. The van der Waals surface area contributed by atoms with Crippen molar-refractivity contribution < 1.29 is 23.7 Å². The lowest BCUT2D eigenvalue weighted by Gasteiger charge is -2.35. The zero-order valence-corrected chi connectivity index (χ0v) is 19.1. The number of hydrogen-bond donors (Lipinski definition) is 0. The van der Waals surface area contributed by atoms with Crippen LogP contribution in [0.5, 0.6) is 17.2 Å². The SMILES string of the molecule is CC(C)(OC(=O)C(Oc1ccccc1)(Oc1ccccc1)Oc1ccccc1)c1ccccc1. The summed E-state index contributed by atoms with van der Waals surface area (Å²) >= 11 is 0. The average Bonchev–Trinajstić information content (AvgIpc) is 2.86. The maximum absolute atomic E-state index is 13.9. The minimum absolute atomic E-state index is 0.379. The quantitative estimate of drug-likeness (QED) is 0.218. The van der Waals surface area contributed by atoms with Gasteiger partial charge >= 0.3 is 11.9 Å². The van der Waals surface area contributed by atoms with Gasteiger partial charge in [-0.3, -0.25) is 0 Å². The summed E-state index contributed by atoms with van der Waals surface area (Å²) in [4.78, 5) is 13.9. The van der Waals surface area contributed by atoms with Gasteiger partial charge in [0.2, 0.25) is 0 Å². The van der Waals surface area contributed by atoms with Crippen LogP contribution < -0.4 is 14.2 Å². The molecule has 0 aromatic heterocycles. The van der Waals surface area contributed by atoms with Gasteiger partial charge in [0.05, 0.1) is 0 Å². The van der Waals surface area contributed by atoms with Crippen molar-refractivity contribution in [1.82, 2.24) is 0 Å². The summed E-state index contributed by atoms with van der Waals surface area (Å²) in [7, 11) is 0. The van der Waals surface area contributed by atoms with E-state index in [1.807, 2.05) is 48.5 Å². The molecule has 0 radical (unpaired) electrons. The largest absolute Gasteiger partial charge is 0.523 e. The Morgan fingerprint density at radius 2 is 0.853 bits per heavy atom. The van der Waals surface area contributed by atoms with Gasteiger partial charge < -0.3 is 18.9 Å². The number of ether oxygens (including phenoxy) is 4. The van der Waals surface area contributed by atoms with Gasteiger partial charge in [0.15, 0.2) is 0 Å². The summed E-state index contributed by atoms with van der Waals surface area (Å²) in [5.74, 6) is -1.95. The smallest absolute Gasteiger partial charge is 0.446 e. The Morgan fingerprint density at radius 1 is 0.529 bits per heavy atom. The van der Waals surface area contributed by atoms with E-state index in [-0.39, 0.29) is 0 Å². The lowest BCUT2D eigenvalue weighted by molar-refractivity contribution is -0.267. The maximum Gasteiger partial charge on any atom is 0.523 e. The molecule has 0 atom stereocenters. The van der Waals surface area contributed by atoms with E-state index >= 15 is 0 Å². The third kappa shape index (κ3) is 5.56. The highest BCUT2D eigenvalue weighted by atomic mass is 16.9. The summed E-state index contributed by atoms with van der Waals surface area (Å²) < 4.78 is 24.4. The predicted molar refractivity (Wildman–Crippen MR) is 130 cm³/mol. The molecule has 0 spiro atoms. The lowest BCUT2D eigenvalue weighted by atomic mass is 9.98. The van der Waals surface area contributed by atoms with E-state index < -0.39 is 17.5 Å². The fourth-order valence-corrected chi connectivity index (χ4v) is 3.31. The van der Waals surface area contributed by atoms with Crippen LogP contribution in [0.15, 0.2) is 121 Å². The Kier molecular flexibility index (Phi) is 6.83. The molecular weight excluding hydrogens is 428 g/mol. The van der Waals surface area contributed by atoms with Crippen LogP contribution in [0.25, 0.3) is 0 Å². The summed E-state index contributed by atoms with van der Waals surface area (Å²) in [6.07, 6.45) is 0. The number of hydrogen-bond acceptors (Lipinski definition) is 5. The Bertz CT molecular complexity index is 1070. The van der Waals surface area contributed by atoms with Gasteiger partial charge in [0.1, 0.15) is 22.8 Å². The Labute approximate surface area is 199 Å². The molecule has 0 saturated heterocycles. The van der Waals surface area contributed by atoms with Gasteiger partial charge in [-0.1, -0.05) is 84.9 Å².